The molecule has 1 saturated heterocycles. The summed E-state index contributed by atoms with van der Waals surface area (Å²) in [6.07, 6.45) is -4.84. The van der Waals surface area contributed by atoms with Crippen molar-refractivity contribution in [2.45, 2.75) is 63.4 Å². The van der Waals surface area contributed by atoms with Crippen molar-refractivity contribution in [2.24, 2.45) is 0 Å². The second kappa shape index (κ2) is 11.5. The quantitative estimate of drug-likeness (QED) is 0.222. The van der Waals surface area contributed by atoms with E-state index >= 15 is 4.39 Å². The first-order valence-corrected chi connectivity index (χ1v) is 13.2. The number of aryl methyl sites for hydroxylation is 1. The molecule has 0 aliphatic carbocycles. The Labute approximate surface area is 216 Å². The Kier molecular flexibility index (Phi) is 8.99. The Morgan fingerprint density at radius 1 is 1.32 bits per heavy atom. The van der Waals surface area contributed by atoms with Crippen molar-refractivity contribution in [1.82, 2.24) is 14.6 Å². The number of hydrogen-bond acceptors (Lipinski definition) is 9. The number of nitrogens with zero attached hydrogens (tertiary/aromatic N) is 1. The zero-order valence-electron chi connectivity index (χ0n) is 20.4. The Balaban J connectivity index is 1.82. The molecular formula is C22H28ClFN3O9P. The van der Waals surface area contributed by atoms with E-state index in [-0.39, 0.29) is 11.3 Å². The van der Waals surface area contributed by atoms with Gasteiger partial charge in [-0.2, -0.15) is 5.09 Å². The predicted octanol–water partition coefficient (Wildman–Crippen LogP) is 2.14. The summed E-state index contributed by atoms with van der Waals surface area (Å²) in [5.74, 6) is -0.606. The summed E-state index contributed by atoms with van der Waals surface area (Å²) in [4.78, 5) is 38.2. The average Bonchev–Trinajstić information content (AvgIpc) is 3.03. The van der Waals surface area contributed by atoms with Crippen LogP contribution in [0.2, 0.25) is 0 Å². The number of ether oxygens (including phenoxy) is 2. The summed E-state index contributed by atoms with van der Waals surface area (Å²) in [5, 5.41) is 9.93. The van der Waals surface area contributed by atoms with Gasteiger partial charge in [0.1, 0.15) is 24.0 Å². The zero-order chi connectivity index (χ0) is 27.5. The SMILES string of the molecule is Cc1cn([C@@H]2O[C@H](COP(=O)(NC(C)C(=O)OC(C)C)Oc3ccccc3)[C@@H](O)[C@]2(F)Cl)c(=O)[nH]c1=O. The van der Waals surface area contributed by atoms with Crippen LogP contribution in [0.1, 0.15) is 32.6 Å². The third kappa shape index (κ3) is 6.86. The lowest BCUT2D eigenvalue weighted by Crippen LogP contribution is -2.42. The fraction of sp³-hybridized carbons (Fsp3) is 0.500. The van der Waals surface area contributed by atoms with Crippen molar-refractivity contribution in [3.05, 3.63) is 62.9 Å². The van der Waals surface area contributed by atoms with Crippen LogP contribution in [0.4, 0.5) is 4.39 Å². The summed E-state index contributed by atoms with van der Waals surface area (Å²) in [5.41, 5.74) is -1.64. The maximum atomic E-state index is 15.3. The van der Waals surface area contributed by atoms with E-state index in [0.29, 0.717) is 4.57 Å². The number of halogens is 2. The number of rotatable bonds is 10. The van der Waals surface area contributed by atoms with Crippen LogP contribution in [0.15, 0.2) is 46.1 Å². The molecule has 15 heteroatoms. The minimum atomic E-state index is -4.35. The molecule has 204 valence electrons. The molecule has 6 atom stereocenters. The molecule has 12 nitrogen and oxygen atoms in total. The van der Waals surface area contributed by atoms with Crippen LogP contribution in [0.25, 0.3) is 0 Å². The van der Waals surface area contributed by atoms with Crippen molar-refractivity contribution in [3.8, 4) is 5.75 Å². The van der Waals surface area contributed by atoms with Gasteiger partial charge in [-0.3, -0.25) is 23.7 Å². The molecule has 3 rings (SSSR count). The zero-order valence-corrected chi connectivity index (χ0v) is 22.1. The van der Waals surface area contributed by atoms with Crippen LogP contribution in [0.5, 0.6) is 5.75 Å². The number of aromatic amines is 1. The maximum Gasteiger partial charge on any atom is 0.459 e. The fourth-order valence-corrected chi connectivity index (χ4v) is 5.17. The standard InChI is InChI=1S/C22H28ClFN3O9P/c1-12(2)34-19(30)14(4)26-37(32,36-15-8-6-5-7-9-15)33-11-16-17(28)22(23,24)20(35-16)27-10-13(3)18(29)25-21(27)31/h5-10,12,14,16-17,20,28H,11H2,1-4H3,(H,26,32)(H,25,29,31)/t14?,16-,17-,20-,22-,37?/m1/s1. The van der Waals surface area contributed by atoms with Gasteiger partial charge >= 0.3 is 19.4 Å². The van der Waals surface area contributed by atoms with Crippen molar-refractivity contribution in [1.29, 1.82) is 0 Å². The number of esters is 1. The van der Waals surface area contributed by atoms with Gasteiger partial charge in [-0.15, -0.1) is 0 Å². The highest BCUT2D eigenvalue weighted by Crippen LogP contribution is 2.48. The van der Waals surface area contributed by atoms with Gasteiger partial charge in [-0.1, -0.05) is 29.8 Å². The van der Waals surface area contributed by atoms with Crippen LogP contribution in [-0.4, -0.2) is 56.7 Å². The minimum Gasteiger partial charge on any atom is -0.462 e. The van der Waals surface area contributed by atoms with E-state index in [9.17, 15) is 24.1 Å². The van der Waals surface area contributed by atoms with Crippen LogP contribution in [0, 0.1) is 6.92 Å². The predicted molar refractivity (Wildman–Crippen MR) is 130 cm³/mol. The summed E-state index contributed by atoms with van der Waals surface area (Å²) < 4.78 is 51.1. The number of aromatic nitrogens is 2. The molecule has 1 aromatic carbocycles. The Hall–Kier alpha value is -2.54. The largest absolute Gasteiger partial charge is 0.462 e. The number of benzene rings is 1. The molecule has 1 fully saturated rings. The van der Waals surface area contributed by atoms with E-state index in [2.05, 4.69) is 5.09 Å². The molecule has 0 bridgehead atoms. The monoisotopic (exact) mass is 563 g/mol. The summed E-state index contributed by atoms with van der Waals surface area (Å²) >= 11 is 5.91. The second-order valence-corrected chi connectivity index (χ2v) is 10.9. The number of nitrogens with one attached hydrogen (secondary N) is 2. The molecule has 0 radical (unpaired) electrons. The van der Waals surface area contributed by atoms with E-state index in [1.165, 1.54) is 26.0 Å². The van der Waals surface area contributed by atoms with E-state index in [1.807, 2.05) is 4.98 Å². The Morgan fingerprint density at radius 3 is 2.59 bits per heavy atom. The third-order valence-electron chi connectivity index (χ3n) is 5.21. The minimum absolute atomic E-state index is 0.0667. The van der Waals surface area contributed by atoms with Crippen molar-refractivity contribution in [2.75, 3.05) is 6.61 Å². The molecule has 3 N–H and O–H groups in total. The highest BCUT2D eigenvalue weighted by molar-refractivity contribution is 7.52. The topological polar surface area (TPSA) is 158 Å². The normalized spacial score (nSPS) is 26.0. The van der Waals surface area contributed by atoms with E-state index in [1.54, 1.807) is 32.0 Å². The number of carbonyl (C=O) groups excluding carboxylic acids is 1. The lowest BCUT2D eigenvalue weighted by atomic mass is 10.1. The van der Waals surface area contributed by atoms with Gasteiger partial charge < -0.3 is 19.1 Å². The first-order valence-electron chi connectivity index (χ1n) is 11.2. The average molecular weight is 564 g/mol. The number of aliphatic hydroxyl groups is 1. The number of aliphatic hydroxyl groups excluding tert-OH is 1. The highest BCUT2D eigenvalue weighted by Gasteiger charge is 2.58. The smallest absolute Gasteiger partial charge is 0.459 e. The van der Waals surface area contributed by atoms with E-state index < -0.39 is 67.3 Å². The van der Waals surface area contributed by atoms with E-state index in [0.717, 1.165) is 6.20 Å². The molecule has 1 aliphatic rings. The summed E-state index contributed by atoms with van der Waals surface area (Å²) in [7, 11) is -4.35. The molecular weight excluding hydrogens is 536 g/mol. The molecule has 0 saturated carbocycles. The summed E-state index contributed by atoms with van der Waals surface area (Å²) in [6, 6.07) is 6.75. The first kappa shape index (κ1) is 29.0. The summed E-state index contributed by atoms with van der Waals surface area (Å²) in [6.45, 7) is 5.31. The lowest BCUT2D eigenvalue weighted by molar-refractivity contribution is -0.149. The van der Waals surface area contributed by atoms with Crippen molar-refractivity contribution >= 4 is 25.3 Å². The molecule has 0 amide bonds. The van der Waals surface area contributed by atoms with Gasteiger partial charge in [0.25, 0.3) is 10.7 Å². The van der Waals surface area contributed by atoms with Crippen LogP contribution in [0.3, 0.4) is 0 Å². The number of para-hydroxylation sites is 1. The lowest BCUT2D eigenvalue weighted by Gasteiger charge is -2.25. The van der Waals surface area contributed by atoms with Gasteiger partial charge in [0, 0.05) is 11.8 Å². The van der Waals surface area contributed by atoms with Gasteiger partial charge in [-0.25, -0.2) is 13.8 Å². The van der Waals surface area contributed by atoms with Crippen molar-refractivity contribution < 1.29 is 37.4 Å². The molecule has 1 aliphatic heterocycles. The van der Waals surface area contributed by atoms with Gasteiger partial charge in [0.15, 0.2) is 6.23 Å². The number of carbonyl (C=O) groups is 1. The molecule has 2 aromatic rings. The van der Waals surface area contributed by atoms with E-state index in [4.69, 9.17) is 30.1 Å². The molecule has 37 heavy (non-hydrogen) atoms. The van der Waals surface area contributed by atoms with Gasteiger partial charge in [-0.05, 0) is 39.8 Å². The van der Waals surface area contributed by atoms with Gasteiger partial charge in [0.05, 0.1) is 12.7 Å². The first-order chi connectivity index (χ1) is 17.2. The molecule has 1 aromatic heterocycles. The number of H-pyrrole nitrogens is 1. The second-order valence-electron chi connectivity index (χ2n) is 8.66. The van der Waals surface area contributed by atoms with Crippen LogP contribution >= 0.6 is 19.3 Å². The highest BCUT2D eigenvalue weighted by atomic mass is 35.5. The third-order valence-corrected chi connectivity index (χ3v) is 7.27. The molecule has 2 heterocycles. The number of alkyl halides is 2. The fourth-order valence-electron chi connectivity index (χ4n) is 3.37. The Morgan fingerprint density at radius 2 is 1.97 bits per heavy atom. The molecule has 0 spiro atoms. The van der Waals surface area contributed by atoms with Gasteiger partial charge in [0.2, 0.25) is 0 Å². The van der Waals surface area contributed by atoms with Crippen LogP contribution in [-0.2, 0) is 23.4 Å². The maximum absolute atomic E-state index is 15.3. The Bertz CT molecular complexity index is 1270. The molecule has 2 unspecified atom stereocenters. The van der Waals surface area contributed by atoms with Crippen molar-refractivity contribution in [3.63, 3.8) is 0 Å². The van der Waals surface area contributed by atoms with Crippen LogP contribution < -0.4 is 20.9 Å². The number of hydrogen-bond donors (Lipinski definition) is 3.